The molecular weight excluding hydrogens is 513 g/mol. The van der Waals surface area contributed by atoms with Crippen LogP contribution in [0.3, 0.4) is 0 Å². The van der Waals surface area contributed by atoms with Crippen molar-refractivity contribution in [2.75, 3.05) is 39.5 Å². The van der Waals surface area contributed by atoms with Crippen molar-refractivity contribution in [3.63, 3.8) is 0 Å². The van der Waals surface area contributed by atoms with Gasteiger partial charge in [-0.15, -0.1) is 0 Å². The summed E-state index contributed by atoms with van der Waals surface area (Å²) < 4.78 is 38.2. The van der Waals surface area contributed by atoms with Gasteiger partial charge in [0.1, 0.15) is 18.2 Å². The number of hydrogen-bond acceptors (Lipinski definition) is 8. The van der Waals surface area contributed by atoms with Crippen molar-refractivity contribution < 1.29 is 37.9 Å². The number of likely N-dealkylation sites (tertiary alicyclic amines) is 1. The number of hydrogen-bond donors (Lipinski definition) is 3. The van der Waals surface area contributed by atoms with Gasteiger partial charge in [-0.25, -0.2) is 13.6 Å². The molecule has 0 unspecified atom stereocenters. The van der Waals surface area contributed by atoms with Crippen LogP contribution in [0, 0.1) is 18.3 Å². The zero-order valence-corrected chi connectivity index (χ0v) is 22.4. The van der Waals surface area contributed by atoms with E-state index in [0.29, 0.717) is 0 Å². The Bertz CT molecular complexity index is 1090. The zero-order valence-electron chi connectivity index (χ0n) is 22.4. The third-order valence-electron chi connectivity index (χ3n) is 6.97. The second-order valence-electron chi connectivity index (χ2n) is 10.5. The van der Waals surface area contributed by atoms with Gasteiger partial charge in [0.15, 0.2) is 0 Å². The van der Waals surface area contributed by atoms with Crippen molar-refractivity contribution in [3.8, 4) is 6.07 Å². The fourth-order valence-electron chi connectivity index (χ4n) is 4.60. The summed E-state index contributed by atoms with van der Waals surface area (Å²) in [6.07, 6.45) is 0.351. The van der Waals surface area contributed by atoms with Gasteiger partial charge in [0.2, 0.25) is 0 Å². The van der Waals surface area contributed by atoms with Crippen LogP contribution >= 0.6 is 0 Å². The molecule has 0 aliphatic carbocycles. The highest BCUT2D eigenvalue weighted by atomic mass is 19.3. The van der Waals surface area contributed by atoms with E-state index in [9.17, 15) is 33.7 Å². The lowest BCUT2D eigenvalue weighted by molar-refractivity contribution is -0.137. The Morgan fingerprint density at radius 3 is 2.62 bits per heavy atom. The second-order valence-corrected chi connectivity index (χ2v) is 10.5. The molecule has 0 radical (unpaired) electrons. The molecule has 1 aromatic carbocycles. The first-order valence-electron chi connectivity index (χ1n) is 12.8. The third kappa shape index (κ3) is 8.47. The molecule has 10 nitrogen and oxygen atoms in total. The number of amides is 2. The summed E-state index contributed by atoms with van der Waals surface area (Å²) in [6, 6.07) is 8.56. The SMILES string of the molecule is Cc1ccc(C[C@H](NC(=O)OC[C@H]2COCCN2C(=O)/C(C#N)=C/C(C)(C)N2CCC(F)(F)C2)B(O)O)cc1. The van der Waals surface area contributed by atoms with E-state index in [2.05, 4.69) is 5.32 Å². The van der Waals surface area contributed by atoms with Gasteiger partial charge in [-0.05, 0) is 38.8 Å². The second kappa shape index (κ2) is 12.9. The lowest BCUT2D eigenvalue weighted by Gasteiger charge is -2.36. The Hall–Kier alpha value is -3.05. The number of rotatable bonds is 9. The van der Waals surface area contributed by atoms with Crippen LogP contribution in [-0.4, -0.2) is 102 Å². The lowest BCUT2D eigenvalue weighted by Crippen LogP contribution is -2.53. The van der Waals surface area contributed by atoms with Crippen LogP contribution in [0.5, 0.6) is 0 Å². The molecule has 2 aliphatic rings. The summed E-state index contributed by atoms with van der Waals surface area (Å²) in [5, 5.41) is 31.6. The number of nitrogens with one attached hydrogen (secondary N) is 1. The number of halogens is 2. The van der Waals surface area contributed by atoms with Crippen molar-refractivity contribution in [2.24, 2.45) is 0 Å². The van der Waals surface area contributed by atoms with Crippen LogP contribution in [0.2, 0.25) is 0 Å². The highest BCUT2D eigenvalue weighted by molar-refractivity contribution is 6.43. The van der Waals surface area contributed by atoms with E-state index in [1.807, 2.05) is 37.3 Å². The topological polar surface area (TPSA) is 135 Å². The summed E-state index contributed by atoms with van der Waals surface area (Å²) in [5.74, 6) is -4.47. The summed E-state index contributed by atoms with van der Waals surface area (Å²) in [7, 11) is -1.84. The Morgan fingerprint density at radius 2 is 2.03 bits per heavy atom. The number of ether oxygens (including phenoxy) is 2. The third-order valence-corrected chi connectivity index (χ3v) is 6.97. The summed E-state index contributed by atoms with van der Waals surface area (Å²) in [5.41, 5.74) is 0.661. The van der Waals surface area contributed by atoms with Crippen molar-refractivity contribution >= 4 is 19.1 Å². The number of nitrogens with zero attached hydrogens (tertiary/aromatic N) is 3. The van der Waals surface area contributed by atoms with Gasteiger partial charge >= 0.3 is 13.2 Å². The molecule has 2 amide bonds. The van der Waals surface area contributed by atoms with E-state index in [0.717, 1.165) is 11.1 Å². The predicted molar refractivity (Wildman–Crippen MR) is 139 cm³/mol. The monoisotopic (exact) mass is 548 g/mol. The van der Waals surface area contributed by atoms with E-state index in [1.165, 1.54) is 15.9 Å². The minimum absolute atomic E-state index is 0.0505. The van der Waals surface area contributed by atoms with E-state index < -0.39 is 49.1 Å². The van der Waals surface area contributed by atoms with Gasteiger partial charge in [-0.3, -0.25) is 9.69 Å². The van der Waals surface area contributed by atoms with Crippen LogP contribution in [0.15, 0.2) is 35.9 Å². The van der Waals surface area contributed by atoms with Crippen LogP contribution in [-0.2, 0) is 20.7 Å². The fraction of sp³-hybridized carbons (Fsp3) is 0.577. The van der Waals surface area contributed by atoms with Gasteiger partial charge in [0, 0.05) is 25.0 Å². The average molecular weight is 548 g/mol. The molecule has 2 atom stereocenters. The van der Waals surface area contributed by atoms with E-state index >= 15 is 0 Å². The van der Waals surface area contributed by atoms with E-state index in [-0.39, 0.29) is 51.3 Å². The molecule has 13 heteroatoms. The highest BCUT2D eigenvalue weighted by Crippen LogP contribution is 2.33. The number of morpholine rings is 1. The summed E-state index contributed by atoms with van der Waals surface area (Å²) in [6.45, 7) is 5.08. The van der Waals surface area contributed by atoms with Crippen molar-refractivity contribution in [2.45, 2.75) is 57.1 Å². The van der Waals surface area contributed by atoms with Crippen LogP contribution in [0.4, 0.5) is 13.6 Å². The number of alkyl carbamates (subject to hydrolysis) is 1. The standard InChI is InChI=1S/C26H35BF2N4O6/c1-18-4-6-19(7-5-18)12-22(27(36)37)31-24(35)39-16-21-15-38-11-10-33(21)23(34)20(14-30)13-25(2,3)32-9-8-26(28,29)17-32/h4-7,13,21-22,36-37H,8-12,15-17H2,1-3H3,(H,31,35)/b20-13+/t21-,22+/m1/s1. The first kappa shape index (κ1) is 30.5. The Kier molecular flexibility index (Phi) is 10.1. The molecule has 3 N–H and O–H groups in total. The molecular formula is C26H35BF2N4O6. The van der Waals surface area contributed by atoms with Gasteiger partial charge in [-0.2, -0.15) is 5.26 Å². The van der Waals surface area contributed by atoms with Crippen molar-refractivity contribution in [1.29, 1.82) is 5.26 Å². The Morgan fingerprint density at radius 1 is 1.33 bits per heavy atom. The summed E-state index contributed by atoms with van der Waals surface area (Å²) >= 11 is 0. The normalized spacial score (nSPS) is 20.7. The van der Waals surface area contributed by atoms with Gasteiger partial charge < -0.3 is 29.7 Å². The molecule has 212 valence electrons. The maximum Gasteiger partial charge on any atom is 0.475 e. The Balaban J connectivity index is 1.62. The van der Waals surface area contributed by atoms with Gasteiger partial charge in [-0.1, -0.05) is 29.8 Å². The van der Waals surface area contributed by atoms with Gasteiger partial charge in [0.05, 0.1) is 31.7 Å². The average Bonchev–Trinajstić information content (AvgIpc) is 3.27. The zero-order chi connectivity index (χ0) is 28.8. The number of carbonyl (C=O) groups excluding carboxylic acids is 2. The van der Waals surface area contributed by atoms with Crippen LogP contribution in [0.25, 0.3) is 0 Å². The first-order valence-corrected chi connectivity index (χ1v) is 12.8. The maximum atomic E-state index is 13.8. The number of nitriles is 1. The molecule has 1 aromatic rings. The molecule has 39 heavy (non-hydrogen) atoms. The number of aryl methyl sites for hydroxylation is 1. The highest BCUT2D eigenvalue weighted by Gasteiger charge is 2.43. The number of carbonyl (C=O) groups is 2. The molecule has 2 heterocycles. The predicted octanol–water partition coefficient (Wildman–Crippen LogP) is 1.44. The van der Waals surface area contributed by atoms with Crippen molar-refractivity contribution in [1.82, 2.24) is 15.1 Å². The lowest BCUT2D eigenvalue weighted by atomic mass is 9.76. The number of benzene rings is 1. The quantitative estimate of drug-likeness (QED) is 0.240. The molecule has 2 fully saturated rings. The van der Waals surface area contributed by atoms with Crippen LogP contribution in [0.1, 0.15) is 31.4 Å². The van der Waals surface area contributed by atoms with Gasteiger partial charge in [0.25, 0.3) is 11.8 Å². The maximum absolute atomic E-state index is 13.8. The molecule has 2 saturated heterocycles. The molecule has 0 saturated carbocycles. The van der Waals surface area contributed by atoms with E-state index in [4.69, 9.17) is 9.47 Å². The molecule has 3 rings (SSSR count). The van der Waals surface area contributed by atoms with Crippen molar-refractivity contribution in [3.05, 3.63) is 47.0 Å². The van der Waals surface area contributed by atoms with Crippen LogP contribution < -0.4 is 5.32 Å². The largest absolute Gasteiger partial charge is 0.475 e. The smallest absolute Gasteiger partial charge is 0.447 e. The minimum Gasteiger partial charge on any atom is -0.447 e. The fourth-order valence-corrected chi connectivity index (χ4v) is 4.60. The Labute approximate surface area is 227 Å². The first-order chi connectivity index (χ1) is 18.3. The van der Waals surface area contributed by atoms with E-state index in [1.54, 1.807) is 13.8 Å². The molecule has 0 aromatic heterocycles. The number of alkyl halides is 2. The molecule has 0 bridgehead atoms. The molecule has 2 aliphatic heterocycles. The summed E-state index contributed by atoms with van der Waals surface area (Å²) in [4.78, 5) is 28.7. The molecule has 0 spiro atoms. The minimum atomic E-state index is -2.82.